The number of carbonyl (C=O) groups is 1. The van der Waals surface area contributed by atoms with Crippen molar-refractivity contribution in [1.29, 1.82) is 0 Å². The van der Waals surface area contributed by atoms with Crippen molar-refractivity contribution in [2.75, 3.05) is 16.8 Å². The zero-order valence-electron chi connectivity index (χ0n) is 9.95. The predicted molar refractivity (Wildman–Crippen MR) is 72.0 cm³/mol. The molecule has 0 aromatic heterocycles. The number of thioether (sulfide) groups is 1. The summed E-state index contributed by atoms with van der Waals surface area (Å²) in [6, 6.07) is 7.87. The number of hydrogen-bond acceptors (Lipinski definition) is 2. The van der Waals surface area contributed by atoms with E-state index in [0.717, 1.165) is 11.4 Å². The monoisotopic (exact) mass is 237 g/mol. The summed E-state index contributed by atoms with van der Waals surface area (Å²) in [5, 5.41) is 2.89. The zero-order chi connectivity index (χ0) is 11.8. The van der Waals surface area contributed by atoms with Gasteiger partial charge in [0.2, 0.25) is 5.91 Å². The van der Waals surface area contributed by atoms with E-state index < -0.39 is 0 Å². The van der Waals surface area contributed by atoms with Crippen LogP contribution in [0.15, 0.2) is 24.3 Å². The molecule has 16 heavy (non-hydrogen) atoms. The molecule has 0 heterocycles. The molecule has 0 fully saturated rings. The minimum Gasteiger partial charge on any atom is -0.325 e. The Kier molecular flexibility index (Phi) is 6.01. The largest absolute Gasteiger partial charge is 0.325 e. The average Bonchev–Trinajstić information content (AvgIpc) is 2.28. The molecule has 0 radical (unpaired) electrons. The number of unbranched alkanes of at least 4 members (excludes halogenated alkanes) is 1. The van der Waals surface area contributed by atoms with Crippen LogP contribution >= 0.6 is 11.8 Å². The van der Waals surface area contributed by atoms with Crippen LogP contribution in [-0.4, -0.2) is 17.4 Å². The molecular formula is C13H19NOS. The Morgan fingerprint density at radius 3 is 2.62 bits per heavy atom. The first-order chi connectivity index (χ1) is 7.72. The molecule has 1 rings (SSSR count). The van der Waals surface area contributed by atoms with Gasteiger partial charge in [0.05, 0.1) is 5.75 Å². The molecule has 0 bridgehead atoms. The highest BCUT2D eigenvalue weighted by atomic mass is 32.2. The second-order valence-electron chi connectivity index (χ2n) is 3.82. The first kappa shape index (κ1) is 13.1. The lowest BCUT2D eigenvalue weighted by molar-refractivity contribution is -0.113. The molecule has 3 heteroatoms. The summed E-state index contributed by atoms with van der Waals surface area (Å²) in [7, 11) is 0. The van der Waals surface area contributed by atoms with E-state index in [0.29, 0.717) is 5.75 Å². The number of benzene rings is 1. The molecule has 1 aromatic carbocycles. The SMILES string of the molecule is CCCCSCC(=O)Nc1ccc(C)cc1. The van der Waals surface area contributed by atoms with Crippen LogP contribution in [0.4, 0.5) is 5.69 Å². The molecule has 0 unspecified atom stereocenters. The Labute approximate surface area is 102 Å². The fourth-order valence-corrected chi connectivity index (χ4v) is 2.14. The molecule has 2 nitrogen and oxygen atoms in total. The highest BCUT2D eigenvalue weighted by Gasteiger charge is 2.01. The fraction of sp³-hybridized carbons (Fsp3) is 0.462. The maximum absolute atomic E-state index is 11.5. The molecule has 1 N–H and O–H groups in total. The number of rotatable bonds is 6. The Hall–Kier alpha value is -0.960. The third-order valence-corrected chi connectivity index (χ3v) is 3.25. The lowest BCUT2D eigenvalue weighted by Crippen LogP contribution is -2.14. The molecule has 0 saturated carbocycles. The van der Waals surface area contributed by atoms with Crippen molar-refractivity contribution < 1.29 is 4.79 Å². The highest BCUT2D eigenvalue weighted by Crippen LogP contribution is 2.10. The maximum atomic E-state index is 11.5. The standard InChI is InChI=1S/C13H19NOS/c1-3-4-9-16-10-13(15)14-12-7-5-11(2)6-8-12/h5-8H,3-4,9-10H2,1-2H3,(H,14,15). The highest BCUT2D eigenvalue weighted by molar-refractivity contribution is 7.99. The molecule has 0 aliphatic heterocycles. The molecule has 0 saturated heterocycles. The van der Waals surface area contributed by atoms with Crippen LogP contribution < -0.4 is 5.32 Å². The van der Waals surface area contributed by atoms with E-state index in [1.165, 1.54) is 18.4 Å². The van der Waals surface area contributed by atoms with Gasteiger partial charge in [-0.05, 0) is 31.2 Å². The molecule has 0 atom stereocenters. The van der Waals surface area contributed by atoms with E-state index in [1.54, 1.807) is 11.8 Å². The number of aryl methyl sites for hydroxylation is 1. The molecule has 1 amide bonds. The van der Waals surface area contributed by atoms with Gasteiger partial charge < -0.3 is 5.32 Å². The second kappa shape index (κ2) is 7.34. The molecule has 0 aliphatic carbocycles. The van der Waals surface area contributed by atoms with Gasteiger partial charge in [-0.25, -0.2) is 0 Å². The van der Waals surface area contributed by atoms with Crippen LogP contribution in [0.1, 0.15) is 25.3 Å². The Morgan fingerprint density at radius 2 is 2.00 bits per heavy atom. The van der Waals surface area contributed by atoms with Crippen molar-refractivity contribution in [3.05, 3.63) is 29.8 Å². The maximum Gasteiger partial charge on any atom is 0.234 e. The van der Waals surface area contributed by atoms with E-state index in [9.17, 15) is 4.79 Å². The van der Waals surface area contributed by atoms with Crippen LogP contribution in [0.2, 0.25) is 0 Å². The Balaban J connectivity index is 2.26. The predicted octanol–water partition coefficient (Wildman–Crippen LogP) is 3.47. The lowest BCUT2D eigenvalue weighted by atomic mass is 10.2. The van der Waals surface area contributed by atoms with Gasteiger partial charge in [-0.15, -0.1) is 0 Å². The second-order valence-corrected chi connectivity index (χ2v) is 4.93. The van der Waals surface area contributed by atoms with E-state index in [1.807, 2.05) is 31.2 Å². The topological polar surface area (TPSA) is 29.1 Å². The van der Waals surface area contributed by atoms with Gasteiger partial charge in [-0.1, -0.05) is 31.0 Å². The van der Waals surface area contributed by atoms with Crippen molar-refractivity contribution in [3.63, 3.8) is 0 Å². The van der Waals surface area contributed by atoms with Gasteiger partial charge in [0, 0.05) is 5.69 Å². The van der Waals surface area contributed by atoms with E-state index >= 15 is 0 Å². The van der Waals surface area contributed by atoms with Gasteiger partial charge in [0.1, 0.15) is 0 Å². The van der Waals surface area contributed by atoms with Crippen molar-refractivity contribution in [3.8, 4) is 0 Å². The number of carbonyl (C=O) groups excluding carboxylic acids is 1. The zero-order valence-corrected chi connectivity index (χ0v) is 10.8. The Morgan fingerprint density at radius 1 is 1.31 bits per heavy atom. The summed E-state index contributed by atoms with van der Waals surface area (Å²) in [6.45, 7) is 4.19. The molecule has 1 aromatic rings. The van der Waals surface area contributed by atoms with Crippen LogP contribution in [0.25, 0.3) is 0 Å². The lowest BCUT2D eigenvalue weighted by Gasteiger charge is -2.05. The summed E-state index contributed by atoms with van der Waals surface area (Å²) >= 11 is 1.70. The van der Waals surface area contributed by atoms with E-state index in [-0.39, 0.29) is 5.91 Å². The van der Waals surface area contributed by atoms with E-state index in [4.69, 9.17) is 0 Å². The van der Waals surface area contributed by atoms with Crippen molar-refractivity contribution in [2.24, 2.45) is 0 Å². The van der Waals surface area contributed by atoms with Crippen LogP contribution in [0.5, 0.6) is 0 Å². The first-order valence-electron chi connectivity index (χ1n) is 5.66. The summed E-state index contributed by atoms with van der Waals surface area (Å²) in [5.74, 6) is 1.70. The summed E-state index contributed by atoms with van der Waals surface area (Å²) in [4.78, 5) is 11.5. The number of amides is 1. The molecule has 0 aliphatic rings. The van der Waals surface area contributed by atoms with Crippen molar-refractivity contribution in [1.82, 2.24) is 0 Å². The first-order valence-corrected chi connectivity index (χ1v) is 6.82. The van der Waals surface area contributed by atoms with Crippen molar-refractivity contribution in [2.45, 2.75) is 26.7 Å². The van der Waals surface area contributed by atoms with Gasteiger partial charge in [-0.3, -0.25) is 4.79 Å². The van der Waals surface area contributed by atoms with Gasteiger partial charge >= 0.3 is 0 Å². The third kappa shape index (κ3) is 5.21. The Bertz CT molecular complexity index is 321. The van der Waals surface area contributed by atoms with Crippen LogP contribution in [-0.2, 0) is 4.79 Å². The molecule has 88 valence electrons. The molecular weight excluding hydrogens is 218 g/mol. The average molecular weight is 237 g/mol. The quantitative estimate of drug-likeness (QED) is 0.768. The van der Waals surface area contributed by atoms with Crippen LogP contribution in [0.3, 0.4) is 0 Å². The minimum absolute atomic E-state index is 0.0879. The summed E-state index contributed by atoms with van der Waals surface area (Å²) < 4.78 is 0. The third-order valence-electron chi connectivity index (χ3n) is 2.21. The van der Waals surface area contributed by atoms with Crippen LogP contribution in [0, 0.1) is 6.92 Å². The van der Waals surface area contributed by atoms with Gasteiger partial charge in [0.15, 0.2) is 0 Å². The number of anilines is 1. The minimum atomic E-state index is 0.0879. The normalized spacial score (nSPS) is 10.1. The summed E-state index contributed by atoms with van der Waals surface area (Å²) in [6.07, 6.45) is 2.37. The number of hydrogen-bond donors (Lipinski definition) is 1. The number of nitrogens with one attached hydrogen (secondary N) is 1. The van der Waals surface area contributed by atoms with Gasteiger partial charge in [0.25, 0.3) is 0 Å². The van der Waals surface area contributed by atoms with E-state index in [2.05, 4.69) is 12.2 Å². The smallest absolute Gasteiger partial charge is 0.234 e. The summed E-state index contributed by atoms with van der Waals surface area (Å²) in [5.41, 5.74) is 2.09. The van der Waals surface area contributed by atoms with Crippen molar-refractivity contribution >= 4 is 23.4 Å². The van der Waals surface area contributed by atoms with Gasteiger partial charge in [-0.2, -0.15) is 11.8 Å². The molecule has 0 spiro atoms. The fourth-order valence-electron chi connectivity index (χ4n) is 1.25.